The third-order valence-electron chi connectivity index (χ3n) is 4.95. The lowest BCUT2D eigenvalue weighted by atomic mass is 9.78. The molecule has 0 saturated carbocycles. The summed E-state index contributed by atoms with van der Waals surface area (Å²) in [5.41, 5.74) is 1.74. The number of nitrogens with one attached hydrogen (secondary N) is 1. The summed E-state index contributed by atoms with van der Waals surface area (Å²) < 4.78 is 12.4. The van der Waals surface area contributed by atoms with Gasteiger partial charge in [0.15, 0.2) is 5.82 Å². The Labute approximate surface area is 155 Å². The van der Waals surface area contributed by atoms with Crippen molar-refractivity contribution in [1.29, 1.82) is 0 Å². The number of hydrogen-bond donors (Lipinski definition) is 2. The van der Waals surface area contributed by atoms with E-state index in [2.05, 4.69) is 10.3 Å². The van der Waals surface area contributed by atoms with Crippen molar-refractivity contribution in [3.8, 4) is 0 Å². The van der Waals surface area contributed by atoms with Gasteiger partial charge in [-0.15, -0.1) is 0 Å². The second-order valence-corrected chi connectivity index (χ2v) is 8.86. The van der Waals surface area contributed by atoms with Crippen molar-refractivity contribution in [3.05, 3.63) is 23.9 Å². The third-order valence-corrected chi connectivity index (χ3v) is 4.95. The van der Waals surface area contributed by atoms with Crippen LogP contribution in [0.3, 0.4) is 0 Å². The van der Waals surface area contributed by atoms with Crippen LogP contribution < -0.4 is 10.8 Å². The summed E-state index contributed by atoms with van der Waals surface area (Å²) >= 11 is 0. The molecule has 3 rings (SSSR count). The minimum atomic E-state index is -0.513. The fourth-order valence-corrected chi connectivity index (χ4v) is 2.86. The van der Waals surface area contributed by atoms with Gasteiger partial charge >= 0.3 is 7.12 Å². The Balaban J connectivity index is 2.11. The van der Waals surface area contributed by atoms with Crippen molar-refractivity contribution in [2.45, 2.75) is 71.8 Å². The summed E-state index contributed by atoms with van der Waals surface area (Å²) in [5, 5.41) is 13.0. The number of para-hydroxylation sites is 1. The Morgan fingerprint density at radius 1 is 1.08 bits per heavy atom. The van der Waals surface area contributed by atoms with E-state index in [9.17, 15) is 5.11 Å². The number of hydrogen-bond acceptors (Lipinski definition) is 6. The second-order valence-electron chi connectivity index (χ2n) is 8.86. The summed E-state index contributed by atoms with van der Waals surface area (Å²) in [6.07, 6.45) is 0. The topological polar surface area (TPSA) is 76.5 Å². The van der Waals surface area contributed by atoms with Gasteiger partial charge in [0.05, 0.1) is 28.8 Å². The SMILES string of the molecule is CC(C)(C)Nc1nc2c(B3OC(C)(C)C(C)(C)O3)cccc2nc1CO. The van der Waals surface area contributed by atoms with Gasteiger partial charge in [0, 0.05) is 11.0 Å². The lowest BCUT2D eigenvalue weighted by molar-refractivity contribution is 0.00578. The second kappa shape index (κ2) is 6.18. The molecule has 0 unspecified atom stereocenters. The van der Waals surface area contributed by atoms with Crippen LogP contribution in [0.15, 0.2) is 18.2 Å². The third kappa shape index (κ3) is 3.43. The number of fused-ring (bicyclic) bond motifs is 1. The predicted molar refractivity (Wildman–Crippen MR) is 105 cm³/mol. The lowest BCUT2D eigenvalue weighted by Gasteiger charge is -2.32. The molecule has 2 heterocycles. The fourth-order valence-electron chi connectivity index (χ4n) is 2.86. The molecule has 6 nitrogen and oxygen atoms in total. The quantitative estimate of drug-likeness (QED) is 0.823. The number of rotatable bonds is 3. The smallest absolute Gasteiger partial charge is 0.399 e. The summed E-state index contributed by atoms with van der Waals surface area (Å²) in [4.78, 5) is 9.37. The van der Waals surface area contributed by atoms with Gasteiger partial charge < -0.3 is 19.7 Å². The fraction of sp³-hybridized carbons (Fsp3) is 0.579. The molecule has 2 aromatic rings. The number of nitrogens with zero attached hydrogens (tertiary/aromatic N) is 2. The van der Waals surface area contributed by atoms with Gasteiger partial charge in [0.25, 0.3) is 0 Å². The highest BCUT2D eigenvalue weighted by Crippen LogP contribution is 2.37. The van der Waals surface area contributed by atoms with Crippen LogP contribution in [-0.4, -0.2) is 38.9 Å². The van der Waals surface area contributed by atoms with Crippen molar-refractivity contribution in [1.82, 2.24) is 9.97 Å². The van der Waals surface area contributed by atoms with E-state index >= 15 is 0 Å². The highest BCUT2D eigenvalue weighted by molar-refractivity contribution is 6.64. The molecule has 1 aromatic carbocycles. The first-order valence-corrected chi connectivity index (χ1v) is 8.98. The van der Waals surface area contributed by atoms with Gasteiger partial charge in [0.1, 0.15) is 5.69 Å². The Hall–Kier alpha value is -1.70. The van der Waals surface area contributed by atoms with Crippen LogP contribution in [0.4, 0.5) is 5.82 Å². The Morgan fingerprint density at radius 3 is 2.23 bits per heavy atom. The molecule has 0 aliphatic carbocycles. The average molecular weight is 357 g/mol. The maximum absolute atomic E-state index is 9.70. The minimum absolute atomic E-state index is 0.179. The zero-order valence-electron chi connectivity index (χ0n) is 16.7. The van der Waals surface area contributed by atoms with Gasteiger partial charge in [-0.2, -0.15) is 0 Å². The average Bonchev–Trinajstić information content (AvgIpc) is 2.72. The first kappa shape index (κ1) is 19.1. The normalized spacial score (nSPS) is 19.2. The Kier molecular flexibility index (Phi) is 4.54. The molecule has 140 valence electrons. The molecule has 0 amide bonds. The van der Waals surface area contributed by atoms with Gasteiger partial charge in [0.2, 0.25) is 0 Å². The van der Waals surface area contributed by atoms with Crippen molar-refractivity contribution >= 4 is 29.4 Å². The minimum Gasteiger partial charge on any atom is -0.399 e. The van der Waals surface area contributed by atoms with E-state index in [1.807, 2.05) is 66.7 Å². The zero-order chi connectivity index (χ0) is 19.3. The number of benzene rings is 1. The molecule has 26 heavy (non-hydrogen) atoms. The maximum atomic E-state index is 9.70. The Morgan fingerprint density at radius 2 is 1.69 bits per heavy atom. The maximum Gasteiger partial charge on any atom is 0.497 e. The zero-order valence-corrected chi connectivity index (χ0v) is 16.7. The van der Waals surface area contributed by atoms with Crippen LogP contribution in [-0.2, 0) is 15.9 Å². The molecule has 1 saturated heterocycles. The molecule has 0 spiro atoms. The first-order chi connectivity index (χ1) is 11.9. The predicted octanol–water partition coefficient (Wildman–Crippen LogP) is 2.63. The van der Waals surface area contributed by atoms with E-state index in [1.165, 1.54) is 0 Å². The number of aliphatic hydroxyl groups is 1. The van der Waals surface area contributed by atoms with Gasteiger partial charge in [-0.05, 0) is 54.5 Å². The molecular weight excluding hydrogens is 329 g/mol. The molecule has 0 radical (unpaired) electrons. The van der Waals surface area contributed by atoms with E-state index in [0.717, 1.165) is 11.0 Å². The van der Waals surface area contributed by atoms with Crippen LogP contribution in [0.1, 0.15) is 54.2 Å². The van der Waals surface area contributed by atoms with Gasteiger partial charge in [-0.3, -0.25) is 0 Å². The highest BCUT2D eigenvalue weighted by Gasteiger charge is 2.52. The molecule has 0 bridgehead atoms. The van der Waals surface area contributed by atoms with E-state index in [0.29, 0.717) is 17.0 Å². The van der Waals surface area contributed by atoms with E-state index < -0.39 is 18.3 Å². The molecular formula is C19H28BN3O3. The Bertz CT molecular complexity index is 815. The van der Waals surface area contributed by atoms with Crippen LogP contribution >= 0.6 is 0 Å². The molecule has 7 heteroatoms. The lowest BCUT2D eigenvalue weighted by Crippen LogP contribution is -2.41. The standard InChI is InChI=1S/C19H28BN3O3/c1-17(2,3)23-16-14(11-24)21-13-10-8-9-12(15(13)22-16)20-25-18(4,5)19(6,7)26-20/h8-10,24H,11H2,1-7H3,(H,22,23). The van der Waals surface area contributed by atoms with Crippen LogP contribution in [0, 0.1) is 0 Å². The van der Waals surface area contributed by atoms with E-state index in [4.69, 9.17) is 14.3 Å². The largest absolute Gasteiger partial charge is 0.497 e. The van der Waals surface area contributed by atoms with Crippen molar-refractivity contribution in [2.24, 2.45) is 0 Å². The van der Waals surface area contributed by atoms with Gasteiger partial charge in [-0.25, -0.2) is 9.97 Å². The number of aromatic nitrogens is 2. The molecule has 1 aliphatic heterocycles. The summed E-state index contributed by atoms with van der Waals surface area (Å²) in [6, 6.07) is 5.76. The van der Waals surface area contributed by atoms with E-state index in [1.54, 1.807) is 0 Å². The molecule has 1 aliphatic rings. The van der Waals surface area contributed by atoms with Crippen LogP contribution in [0.5, 0.6) is 0 Å². The number of anilines is 1. The molecule has 0 atom stereocenters. The van der Waals surface area contributed by atoms with Crippen molar-refractivity contribution < 1.29 is 14.4 Å². The first-order valence-electron chi connectivity index (χ1n) is 8.98. The molecule has 2 N–H and O–H groups in total. The van der Waals surface area contributed by atoms with Gasteiger partial charge in [-0.1, -0.05) is 12.1 Å². The molecule has 1 aromatic heterocycles. The van der Waals surface area contributed by atoms with Crippen molar-refractivity contribution in [2.75, 3.05) is 5.32 Å². The summed E-state index contributed by atoms with van der Waals surface area (Å²) in [5.74, 6) is 0.580. The van der Waals surface area contributed by atoms with Crippen LogP contribution in [0.2, 0.25) is 0 Å². The molecule has 1 fully saturated rings. The van der Waals surface area contributed by atoms with Crippen molar-refractivity contribution in [3.63, 3.8) is 0 Å². The van der Waals surface area contributed by atoms with E-state index in [-0.39, 0.29) is 12.1 Å². The number of aliphatic hydroxyl groups excluding tert-OH is 1. The highest BCUT2D eigenvalue weighted by atomic mass is 16.7. The monoisotopic (exact) mass is 357 g/mol. The summed E-state index contributed by atoms with van der Waals surface area (Å²) in [6.45, 7) is 14.1. The van der Waals surface area contributed by atoms with Crippen LogP contribution in [0.25, 0.3) is 11.0 Å². The summed E-state index contributed by atoms with van der Waals surface area (Å²) in [7, 11) is -0.513.